The van der Waals surface area contributed by atoms with E-state index in [9.17, 15) is 0 Å². The van der Waals surface area contributed by atoms with Crippen LogP contribution in [0.3, 0.4) is 0 Å². The minimum absolute atomic E-state index is 0.811. The molecule has 1 unspecified atom stereocenters. The van der Waals surface area contributed by atoms with Crippen LogP contribution in [0.5, 0.6) is 5.75 Å². The van der Waals surface area contributed by atoms with E-state index in [2.05, 4.69) is 25.6 Å². The zero-order chi connectivity index (χ0) is 19.9. The van der Waals surface area contributed by atoms with Crippen molar-refractivity contribution in [1.82, 2.24) is 9.97 Å². The molecule has 2 aromatic carbocycles. The van der Waals surface area contributed by atoms with Gasteiger partial charge < -0.3 is 10.1 Å². The molecule has 0 bridgehead atoms. The average molecular weight is 389 g/mol. The number of hydrogen-bond donors (Lipinski definition) is 1. The van der Waals surface area contributed by atoms with Crippen molar-refractivity contribution < 1.29 is 4.74 Å². The third-order valence-electron chi connectivity index (χ3n) is 4.22. The van der Waals surface area contributed by atoms with Gasteiger partial charge in [-0.2, -0.15) is 0 Å². The molecule has 0 radical (unpaired) electrons. The predicted octanol–water partition coefficient (Wildman–Crippen LogP) is 5.58. The molecule has 0 aliphatic rings. The van der Waals surface area contributed by atoms with E-state index < -0.39 is 0 Å². The fourth-order valence-corrected chi connectivity index (χ4v) is 3.39. The van der Waals surface area contributed by atoms with Crippen LogP contribution in [0.4, 0.5) is 11.4 Å². The van der Waals surface area contributed by atoms with Crippen molar-refractivity contribution in [3.63, 3.8) is 0 Å². The number of fused-ring (bicyclic) bond motifs is 1. The Bertz CT molecular complexity index is 1070. The van der Waals surface area contributed by atoms with Gasteiger partial charge in [-0.3, -0.25) is 4.98 Å². The van der Waals surface area contributed by atoms with E-state index in [0.717, 1.165) is 44.6 Å². The third-order valence-corrected chi connectivity index (χ3v) is 4.79. The summed E-state index contributed by atoms with van der Waals surface area (Å²) in [7, 11) is 4.51. The van der Waals surface area contributed by atoms with Gasteiger partial charge in [-0.05, 0) is 30.3 Å². The van der Waals surface area contributed by atoms with Crippen LogP contribution < -0.4 is 15.4 Å². The van der Waals surface area contributed by atoms with Gasteiger partial charge in [0.25, 0.3) is 0 Å². The van der Waals surface area contributed by atoms with Crippen molar-refractivity contribution >= 4 is 36.8 Å². The Kier molecular flexibility index (Phi) is 6.57. The number of pyridine rings is 2. The van der Waals surface area contributed by atoms with Gasteiger partial charge in [-0.15, -0.1) is 9.24 Å². The maximum absolute atomic E-state index is 5.37. The van der Waals surface area contributed by atoms with Crippen LogP contribution in [-0.4, -0.2) is 17.1 Å². The highest BCUT2D eigenvalue weighted by Crippen LogP contribution is 2.31. The van der Waals surface area contributed by atoms with E-state index in [4.69, 9.17) is 9.72 Å². The van der Waals surface area contributed by atoms with Crippen LogP contribution in [0.1, 0.15) is 13.8 Å². The molecule has 4 rings (SSSR count). The first-order chi connectivity index (χ1) is 13.8. The average Bonchev–Trinajstić information content (AvgIpc) is 2.77. The van der Waals surface area contributed by atoms with E-state index in [1.54, 1.807) is 19.5 Å². The second kappa shape index (κ2) is 9.29. The van der Waals surface area contributed by atoms with Crippen molar-refractivity contribution in [2.45, 2.75) is 13.8 Å². The molecule has 0 saturated carbocycles. The Morgan fingerprint density at radius 3 is 2.43 bits per heavy atom. The van der Waals surface area contributed by atoms with Gasteiger partial charge in [0, 0.05) is 34.3 Å². The lowest BCUT2D eigenvalue weighted by atomic mass is 10.1. The van der Waals surface area contributed by atoms with Gasteiger partial charge in [0.1, 0.15) is 5.75 Å². The Morgan fingerprint density at radius 1 is 0.929 bits per heavy atom. The normalized spacial score (nSPS) is 10.1. The second-order valence-electron chi connectivity index (χ2n) is 5.86. The van der Waals surface area contributed by atoms with Crippen molar-refractivity contribution in [1.29, 1.82) is 0 Å². The van der Waals surface area contributed by atoms with Gasteiger partial charge in [0.15, 0.2) is 0 Å². The minimum Gasteiger partial charge on any atom is -0.497 e. The molecule has 2 heterocycles. The predicted molar refractivity (Wildman–Crippen MR) is 122 cm³/mol. The van der Waals surface area contributed by atoms with Crippen LogP contribution in [-0.2, 0) is 0 Å². The van der Waals surface area contributed by atoms with Gasteiger partial charge in [-0.1, -0.05) is 44.2 Å². The zero-order valence-electron chi connectivity index (χ0n) is 16.3. The molecule has 0 saturated heterocycles. The third kappa shape index (κ3) is 4.13. The van der Waals surface area contributed by atoms with Crippen LogP contribution >= 0.6 is 9.24 Å². The van der Waals surface area contributed by atoms with Crippen LogP contribution in [0.25, 0.3) is 22.2 Å². The summed E-state index contributed by atoms with van der Waals surface area (Å²) < 4.78 is 5.37. The van der Waals surface area contributed by atoms with Crippen LogP contribution in [0, 0.1) is 0 Å². The minimum atomic E-state index is 0.811. The summed E-state index contributed by atoms with van der Waals surface area (Å²) >= 11 is 0. The van der Waals surface area contributed by atoms with Gasteiger partial charge in [0.2, 0.25) is 0 Å². The number of methoxy groups -OCH3 is 1. The highest BCUT2D eigenvalue weighted by molar-refractivity contribution is 7.28. The summed E-state index contributed by atoms with van der Waals surface area (Å²) in [5.74, 6) is 0.811. The lowest BCUT2D eigenvalue weighted by Gasteiger charge is -2.16. The lowest BCUT2D eigenvalue weighted by Crippen LogP contribution is -2.09. The summed E-state index contributed by atoms with van der Waals surface area (Å²) in [6, 6.07) is 20.0. The fraction of sp³-hybridized carbons (Fsp3) is 0.130. The monoisotopic (exact) mass is 389 g/mol. The van der Waals surface area contributed by atoms with Crippen molar-refractivity contribution in [2.75, 3.05) is 12.4 Å². The Balaban J connectivity index is 0.00000109. The molecule has 2 aromatic heterocycles. The number of hydrogen-bond acceptors (Lipinski definition) is 4. The first-order valence-corrected chi connectivity index (χ1v) is 9.83. The Morgan fingerprint density at radius 2 is 1.68 bits per heavy atom. The molecule has 1 atom stereocenters. The van der Waals surface area contributed by atoms with Crippen molar-refractivity contribution in [3.05, 3.63) is 73.1 Å². The van der Waals surface area contributed by atoms with E-state index in [0.29, 0.717) is 0 Å². The molecule has 28 heavy (non-hydrogen) atoms. The SMILES string of the molecule is CC.COc1cccc(-c2nc3ccccc3c(Nc3ccncc3)c2P)c1. The quantitative estimate of drug-likeness (QED) is 0.463. The molecule has 5 heteroatoms. The van der Waals surface area contributed by atoms with E-state index in [-0.39, 0.29) is 0 Å². The van der Waals surface area contributed by atoms with E-state index in [1.165, 1.54) is 0 Å². The molecule has 0 aliphatic carbocycles. The lowest BCUT2D eigenvalue weighted by molar-refractivity contribution is 0.415. The van der Waals surface area contributed by atoms with Crippen LogP contribution in [0.15, 0.2) is 73.1 Å². The number of benzene rings is 2. The highest BCUT2D eigenvalue weighted by Gasteiger charge is 2.14. The molecular formula is C23H24N3OP. The molecule has 142 valence electrons. The summed E-state index contributed by atoms with van der Waals surface area (Å²) in [5.41, 5.74) is 4.86. The van der Waals surface area contributed by atoms with Gasteiger partial charge >= 0.3 is 0 Å². The Labute approximate surface area is 168 Å². The number of nitrogens with one attached hydrogen (secondary N) is 1. The van der Waals surface area contributed by atoms with E-state index >= 15 is 0 Å². The molecule has 0 spiro atoms. The fourth-order valence-electron chi connectivity index (χ4n) is 2.93. The molecule has 4 aromatic rings. The summed E-state index contributed by atoms with van der Waals surface area (Å²) in [6.45, 7) is 4.00. The van der Waals surface area contributed by atoms with Crippen molar-refractivity contribution in [2.24, 2.45) is 0 Å². The number of nitrogens with zero attached hydrogens (tertiary/aromatic N) is 2. The number of para-hydroxylation sites is 1. The molecular weight excluding hydrogens is 365 g/mol. The second-order valence-corrected chi connectivity index (χ2v) is 6.44. The molecule has 0 fully saturated rings. The largest absolute Gasteiger partial charge is 0.497 e. The first kappa shape index (κ1) is 19.8. The number of anilines is 2. The van der Waals surface area contributed by atoms with Crippen molar-refractivity contribution in [3.8, 4) is 17.0 Å². The summed E-state index contributed by atoms with van der Waals surface area (Å²) in [5, 5.41) is 5.60. The smallest absolute Gasteiger partial charge is 0.119 e. The highest BCUT2D eigenvalue weighted by atomic mass is 31.0. The van der Waals surface area contributed by atoms with E-state index in [1.807, 2.05) is 68.4 Å². The van der Waals surface area contributed by atoms with Crippen LogP contribution in [0.2, 0.25) is 0 Å². The number of aromatic nitrogens is 2. The Hall–Kier alpha value is -2.97. The molecule has 0 amide bonds. The van der Waals surface area contributed by atoms with Gasteiger partial charge in [-0.25, -0.2) is 4.98 Å². The topological polar surface area (TPSA) is 47.0 Å². The molecule has 4 nitrogen and oxygen atoms in total. The molecule has 0 aliphatic heterocycles. The number of ether oxygens (including phenoxy) is 1. The first-order valence-electron chi connectivity index (χ1n) is 9.26. The number of rotatable bonds is 4. The molecule has 1 N–H and O–H groups in total. The standard InChI is InChI=1S/C21H18N3OP.C2H6/c1-25-16-6-4-5-14(13-16)19-21(26)20(23-15-9-11-22-12-10-15)17-7-2-3-8-18(17)24-19;1-2/h2-13H,26H2,1H3,(H,22,23,24);1-2H3. The summed E-state index contributed by atoms with van der Waals surface area (Å²) in [6.07, 6.45) is 3.55. The maximum atomic E-state index is 5.37. The maximum Gasteiger partial charge on any atom is 0.119 e. The zero-order valence-corrected chi connectivity index (χ0v) is 17.5. The van der Waals surface area contributed by atoms with Gasteiger partial charge in [0.05, 0.1) is 24.0 Å². The summed E-state index contributed by atoms with van der Waals surface area (Å²) in [4.78, 5) is 8.98.